The average molecular weight is 247 g/mol. The van der Waals surface area contributed by atoms with E-state index in [2.05, 4.69) is 15.4 Å². The Balaban J connectivity index is 2.08. The highest BCUT2D eigenvalue weighted by Gasteiger charge is 2.12. The SMILES string of the molecule is Cn1ncc(C#N)c1NC(=O)Cc1cscn1. The van der Waals surface area contributed by atoms with Crippen LogP contribution < -0.4 is 5.32 Å². The van der Waals surface area contributed by atoms with Crippen LogP contribution in [0.3, 0.4) is 0 Å². The molecule has 0 saturated heterocycles. The molecule has 17 heavy (non-hydrogen) atoms. The maximum atomic E-state index is 11.7. The standard InChI is InChI=1S/C10H9N5OS/c1-15-10(7(3-11)4-13-15)14-9(16)2-8-5-17-6-12-8/h4-6H,2H2,1H3,(H,14,16). The van der Waals surface area contributed by atoms with Crippen LogP contribution in [0.25, 0.3) is 0 Å². The first kappa shape index (κ1) is 11.3. The van der Waals surface area contributed by atoms with Crippen molar-refractivity contribution in [3.63, 3.8) is 0 Å². The van der Waals surface area contributed by atoms with Crippen LogP contribution in [0.5, 0.6) is 0 Å². The van der Waals surface area contributed by atoms with Crippen molar-refractivity contribution in [2.75, 3.05) is 5.32 Å². The number of nitriles is 1. The third kappa shape index (κ3) is 2.49. The molecule has 2 aromatic heterocycles. The molecule has 2 heterocycles. The molecule has 0 aliphatic carbocycles. The Kier molecular flexibility index (Phi) is 3.16. The van der Waals surface area contributed by atoms with E-state index < -0.39 is 0 Å². The fourth-order valence-corrected chi connectivity index (χ4v) is 1.89. The second kappa shape index (κ2) is 4.76. The summed E-state index contributed by atoms with van der Waals surface area (Å²) < 4.78 is 1.46. The number of thiazole rings is 1. The Morgan fingerprint density at radius 2 is 2.53 bits per heavy atom. The second-order valence-corrected chi connectivity index (χ2v) is 4.07. The van der Waals surface area contributed by atoms with Crippen LogP contribution in [-0.4, -0.2) is 20.7 Å². The van der Waals surface area contributed by atoms with Gasteiger partial charge in [-0.1, -0.05) is 0 Å². The molecule has 0 aromatic carbocycles. The molecule has 0 bridgehead atoms. The zero-order valence-corrected chi connectivity index (χ0v) is 9.86. The number of nitrogens with zero attached hydrogens (tertiary/aromatic N) is 4. The summed E-state index contributed by atoms with van der Waals surface area (Å²) in [5.41, 5.74) is 2.74. The molecule has 0 saturated carbocycles. The fourth-order valence-electron chi connectivity index (χ4n) is 1.33. The lowest BCUT2D eigenvalue weighted by atomic mass is 10.3. The van der Waals surface area contributed by atoms with Crippen LogP contribution >= 0.6 is 11.3 Å². The molecule has 6 nitrogen and oxygen atoms in total. The molecule has 0 aliphatic rings. The minimum atomic E-state index is -0.212. The molecule has 0 atom stereocenters. The zero-order chi connectivity index (χ0) is 12.3. The van der Waals surface area contributed by atoms with Crippen molar-refractivity contribution in [1.29, 1.82) is 5.26 Å². The maximum Gasteiger partial charge on any atom is 0.231 e. The van der Waals surface area contributed by atoms with Gasteiger partial charge in [-0.3, -0.25) is 9.48 Å². The number of carbonyl (C=O) groups is 1. The maximum absolute atomic E-state index is 11.7. The molecule has 1 amide bonds. The highest BCUT2D eigenvalue weighted by molar-refractivity contribution is 7.07. The van der Waals surface area contributed by atoms with E-state index in [1.165, 1.54) is 22.2 Å². The molecule has 0 radical (unpaired) electrons. The van der Waals surface area contributed by atoms with Crippen LogP contribution in [0.15, 0.2) is 17.1 Å². The van der Waals surface area contributed by atoms with Crippen molar-refractivity contribution in [2.24, 2.45) is 7.05 Å². The summed E-state index contributed by atoms with van der Waals surface area (Å²) in [6, 6.07) is 1.97. The number of nitrogens with one attached hydrogen (secondary N) is 1. The van der Waals surface area contributed by atoms with Gasteiger partial charge >= 0.3 is 0 Å². The zero-order valence-electron chi connectivity index (χ0n) is 9.04. The van der Waals surface area contributed by atoms with Crippen molar-refractivity contribution in [3.8, 4) is 6.07 Å². The lowest BCUT2D eigenvalue weighted by molar-refractivity contribution is -0.115. The third-order valence-electron chi connectivity index (χ3n) is 2.14. The number of carbonyl (C=O) groups excluding carboxylic acids is 1. The van der Waals surface area contributed by atoms with E-state index in [0.717, 1.165) is 0 Å². The number of anilines is 1. The van der Waals surface area contributed by atoms with Gasteiger partial charge in [0.2, 0.25) is 5.91 Å². The first-order valence-corrected chi connectivity index (χ1v) is 5.74. The number of aromatic nitrogens is 3. The molecular weight excluding hydrogens is 238 g/mol. The molecule has 86 valence electrons. The molecule has 0 fully saturated rings. The lowest BCUT2D eigenvalue weighted by Gasteiger charge is -2.04. The normalized spacial score (nSPS) is 9.88. The molecule has 0 aliphatic heterocycles. The van der Waals surface area contributed by atoms with Gasteiger partial charge in [-0.15, -0.1) is 11.3 Å². The Morgan fingerprint density at radius 3 is 3.18 bits per heavy atom. The van der Waals surface area contributed by atoms with E-state index in [1.54, 1.807) is 12.6 Å². The summed E-state index contributed by atoms with van der Waals surface area (Å²) in [6.07, 6.45) is 1.61. The predicted molar refractivity (Wildman–Crippen MR) is 62.4 cm³/mol. The summed E-state index contributed by atoms with van der Waals surface area (Å²) >= 11 is 1.44. The minimum absolute atomic E-state index is 0.194. The number of rotatable bonds is 3. The summed E-state index contributed by atoms with van der Waals surface area (Å²) in [7, 11) is 1.67. The monoisotopic (exact) mass is 247 g/mol. The van der Waals surface area contributed by atoms with Gasteiger partial charge in [-0.2, -0.15) is 10.4 Å². The van der Waals surface area contributed by atoms with Gasteiger partial charge < -0.3 is 5.32 Å². The van der Waals surface area contributed by atoms with Gasteiger partial charge in [0.05, 0.1) is 23.8 Å². The topological polar surface area (TPSA) is 83.6 Å². The van der Waals surface area contributed by atoms with Gasteiger partial charge in [-0.25, -0.2) is 4.98 Å². The van der Waals surface area contributed by atoms with Crippen molar-refractivity contribution < 1.29 is 4.79 Å². The van der Waals surface area contributed by atoms with Gasteiger partial charge in [0, 0.05) is 12.4 Å². The molecule has 7 heteroatoms. The molecule has 0 unspecified atom stereocenters. The Labute approximate surface area is 102 Å². The third-order valence-corrected chi connectivity index (χ3v) is 2.78. The number of hydrogen-bond acceptors (Lipinski definition) is 5. The Bertz CT molecular complexity index is 566. The predicted octanol–water partition coefficient (Wildman–Crippen LogP) is 0.929. The largest absolute Gasteiger partial charge is 0.309 e. The molecule has 2 aromatic rings. The van der Waals surface area contributed by atoms with Crippen LogP contribution in [0.4, 0.5) is 5.82 Å². The van der Waals surface area contributed by atoms with E-state index in [0.29, 0.717) is 17.1 Å². The van der Waals surface area contributed by atoms with Gasteiger partial charge in [0.25, 0.3) is 0 Å². The van der Waals surface area contributed by atoms with Crippen molar-refractivity contribution >= 4 is 23.1 Å². The summed E-state index contributed by atoms with van der Waals surface area (Å²) in [6.45, 7) is 0. The highest BCUT2D eigenvalue weighted by Crippen LogP contribution is 2.13. The number of hydrogen-bond donors (Lipinski definition) is 1. The first-order chi connectivity index (χ1) is 8.20. The molecule has 2 rings (SSSR count). The first-order valence-electron chi connectivity index (χ1n) is 4.79. The second-order valence-electron chi connectivity index (χ2n) is 3.35. The Morgan fingerprint density at radius 1 is 1.71 bits per heavy atom. The van der Waals surface area contributed by atoms with Crippen LogP contribution in [-0.2, 0) is 18.3 Å². The van der Waals surface area contributed by atoms with E-state index >= 15 is 0 Å². The average Bonchev–Trinajstić information content (AvgIpc) is 2.90. The van der Waals surface area contributed by atoms with Crippen LogP contribution in [0.1, 0.15) is 11.3 Å². The van der Waals surface area contributed by atoms with Gasteiger partial charge in [-0.05, 0) is 0 Å². The summed E-state index contributed by atoms with van der Waals surface area (Å²) in [5.74, 6) is 0.198. The van der Waals surface area contributed by atoms with Gasteiger partial charge in [0.1, 0.15) is 17.5 Å². The van der Waals surface area contributed by atoms with E-state index in [4.69, 9.17) is 5.26 Å². The van der Waals surface area contributed by atoms with Crippen LogP contribution in [0, 0.1) is 11.3 Å². The van der Waals surface area contributed by atoms with Gasteiger partial charge in [0.15, 0.2) is 0 Å². The minimum Gasteiger partial charge on any atom is -0.309 e. The summed E-state index contributed by atoms with van der Waals surface area (Å²) in [4.78, 5) is 15.7. The number of amides is 1. The molecular formula is C10H9N5OS. The lowest BCUT2D eigenvalue weighted by Crippen LogP contribution is -2.17. The fraction of sp³-hybridized carbons (Fsp3) is 0.200. The van der Waals surface area contributed by atoms with Crippen molar-refractivity contribution in [2.45, 2.75) is 6.42 Å². The van der Waals surface area contributed by atoms with E-state index in [1.807, 2.05) is 11.4 Å². The van der Waals surface area contributed by atoms with E-state index in [-0.39, 0.29) is 12.3 Å². The van der Waals surface area contributed by atoms with Crippen molar-refractivity contribution in [1.82, 2.24) is 14.8 Å². The quantitative estimate of drug-likeness (QED) is 0.874. The number of aryl methyl sites for hydroxylation is 1. The molecule has 0 spiro atoms. The smallest absolute Gasteiger partial charge is 0.231 e. The van der Waals surface area contributed by atoms with E-state index in [9.17, 15) is 4.79 Å². The van der Waals surface area contributed by atoms with Crippen LogP contribution in [0.2, 0.25) is 0 Å². The van der Waals surface area contributed by atoms with Crippen molar-refractivity contribution in [3.05, 3.63) is 28.3 Å². The molecule has 1 N–H and O–H groups in total. The highest BCUT2D eigenvalue weighted by atomic mass is 32.1. The summed E-state index contributed by atoms with van der Waals surface area (Å²) in [5, 5.41) is 17.2. The Hall–Kier alpha value is -2.20.